The predicted molar refractivity (Wildman–Crippen MR) is 98.6 cm³/mol. The SMILES string of the molecule is O=C(CSc1ccccc1[N+](=O)[O-])NNC(=O)c1ccccc1I. The van der Waals surface area contributed by atoms with Crippen molar-refractivity contribution < 1.29 is 14.5 Å². The maximum Gasteiger partial charge on any atom is 0.282 e. The molecular weight excluding hydrogens is 445 g/mol. The number of hydrogen-bond acceptors (Lipinski definition) is 5. The van der Waals surface area contributed by atoms with E-state index in [0.29, 0.717) is 10.5 Å². The summed E-state index contributed by atoms with van der Waals surface area (Å²) in [5, 5.41) is 10.9. The number of rotatable bonds is 5. The summed E-state index contributed by atoms with van der Waals surface area (Å²) >= 11 is 3.05. The van der Waals surface area contributed by atoms with Gasteiger partial charge in [-0.05, 0) is 40.8 Å². The monoisotopic (exact) mass is 457 g/mol. The first-order valence-electron chi connectivity index (χ1n) is 6.69. The van der Waals surface area contributed by atoms with E-state index in [2.05, 4.69) is 10.9 Å². The fourth-order valence-corrected chi connectivity index (χ4v) is 3.20. The molecule has 7 nitrogen and oxygen atoms in total. The number of para-hydroxylation sites is 1. The van der Waals surface area contributed by atoms with Crippen LogP contribution < -0.4 is 10.9 Å². The van der Waals surface area contributed by atoms with Crippen LogP contribution in [-0.2, 0) is 4.79 Å². The average molecular weight is 457 g/mol. The first-order valence-corrected chi connectivity index (χ1v) is 8.75. The molecule has 0 aliphatic rings. The molecule has 0 radical (unpaired) electrons. The number of benzene rings is 2. The number of hydrogen-bond donors (Lipinski definition) is 2. The molecule has 0 aromatic heterocycles. The average Bonchev–Trinajstić information content (AvgIpc) is 2.58. The summed E-state index contributed by atoms with van der Waals surface area (Å²) < 4.78 is 0.760. The van der Waals surface area contributed by atoms with Gasteiger partial charge in [-0.25, -0.2) is 0 Å². The minimum Gasteiger partial charge on any atom is -0.272 e. The molecule has 2 aromatic carbocycles. The Labute approximate surface area is 155 Å². The van der Waals surface area contributed by atoms with Gasteiger partial charge in [0.2, 0.25) is 5.91 Å². The molecule has 0 spiro atoms. The Morgan fingerprint density at radius 2 is 1.75 bits per heavy atom. The maximum atomic E-state index is 12.0. The summed E-state index contributed by atoms with van der Waals surface area (Å²) in [7, 11) is 0. The summed E-state index contributed by atoms with van der Waals surface area (Å²) in [6, 6.07) is 13.1. The van der Waals surface area contributed by atoms with Crippen LogP contribution >= 0.6 is 34.4 Å². The molecule has 0 saturated carbocycles. The van der Waals surface area contributed by atoms with E-state index < -0.39 is 16.7 Å². The highest BCUT2D eigenvalue weighted by atomic mass is 127. The molecule has 0 aliphatic heterocycles. The summed E-state index contributed by atoms with van der Waals surface area (Å²) in [4.78, 5) is 34.6. The fourth-order valence-electron chi connectivity index (χ4n) is 1.75. The van der Waals surface area contributed by atoms with Crippen LogP contribution in [-0.4, -0.2) is 22.5 Å². The van der Waals surface area contributed by atoms with Crippen LogP contribution in [0, 0.1) is 13.7 Å². The van der Waals surface area contributed by atoms with Gasteiger partial charge < -0.3 is 0 Å². The number of carbonyl (C=O) groups is 2. The van der Waals surface area contributed by atoms with E-state index in [1.165, 1.54) is 6.07 Å². The van der Waals surface area contributed by atoms with Crippen molar-refractivity contribution >= 4 is 51.9 Å². The van der Waals surface area contributed by atoms with Crippen molar-refractivity contribution in [2.24, 2.45) is 0 Å². The van der Waals surface area contributed by atoms with E-state index in [1.807, 2.05) is 22.6 Å². The lowest BCUT2D eigenvalue weighted by atomic mass is 10.2. The first-order chi connectivity index (χ1) is 11.5. The van der Waals surface area contributed by atoms with Crippen LogP contribution in [0.3, 0.4) is 0 Å². The van der Waals surface area contributed by atoms with Crippen LogP contribution in [0.25, 0.3) is 0 Å². The zero-order valence-electron chi connectivity index (χ0n) is 12.2. The third-order valence-electron chi connectivity index (χ3n) is 2.85. The van der Waals surface area contributed by atoms with Gasteiger partial charge in [0.1, 0.15) is 0 Å². The van der Waals surface area contributed by atoms with E-state index in [1.54, 1.807) is 42.5 Å². The van der Waals surface area contributed by atoms with Crippen molar-refractivity contribution in [3.8, 4) is 0 Å². The van der Waals surface area contributed by atoms with Gasteiger partial charge in [-0.3, -0.25) is 30.6 Å². The van der Waals surface area contributed by atoms with Crippen LogP contribution in [0.2, 0.25) is 0 Å². The van der Waals surface area contributed by atoms with Crippen LogP contribution in [0.4, 0.5) is 5.69 Å². The topological polar surface area (TPSA) is 101 Å². The number of hydrazine groups is 1. The second kappa shape index (κ2) is 8.64. The number of nitro groups is 1. The molecule has 0 bridgehead atoms. The number of halogens is 1. The standard InChI is InChI=1S/C15H12IN3O4S/c16-11-6-2-1-5-10(11)15(21)18-17-14(20)9-24-13-8-4-3-7-12(13)19(22)23/h1-8H,9H2,(H,17,20)(H,18,21). The summed E-state index contributed by atoms with van der Waals surface area (Å²) in [6.07, 6.45) is 0. The van der Waals surface area contributed by atoms with E-state index in [9.17, 15) is 19.7 Å². The molecule has 0 saturated heterocycles. The molecule has 0 aliphatic carbocycles. The second-order valence-electron chi connectivity index (χ2n) is 4.50. The Bertz CT molecular complexity index is 785. The number of thioether (sulfide) groups is 1. The van der Waals surface area contributed by atoms with Crippen LogP contribution in [0.15, 0.2) is 53.4 Å². The molecule has 2 aromatic rings. The predicted octanol–water partition coefficient (Wildman–Crippen LogP) is 2.75. The van der Waals surface area contributed by atoms with Crippen molar-refractivity contribution in [2.45, 2.75) is 4.90 Å². The van der Waals surface area contributed by atoms with Gasteiger partial charge in [-0.2, -0.15) is 0 Å². The molecule has 9 heteroatoms. The van der Waals surface area contributed by atoms with Gasteiger partial charge in [0.25, 0.3) is 11.6 Å². The normalized spacial score (nSPS) is 10.0. The molecule has 0 heterocycles. The smallest absolute Gasteiger partial charge is 0.272 e. The summed E-state index contributed by atoms with van der Waals surface area (Å²) in [6.45, 7) is 0. The minimum absolute atomic E-state index is 0.0572. The minimum atomic E-state index is -0.501. The largest absolute Gasteiger partial charge is 0.282 e. The van der Waals surface area contributed by atoms with Crippen molar-refractivity contribution in [3.05, 3.63) is 67.8 Å². The van der Waals surface area contributed by atoms with Crippen LogP contribution in [0.5, 0.6) is 0 Å². The Morgan fingerprint density at radius 3 is 2.46 bits per heavy atom. The highest BCUT2D eigenvalue weighted by Crippen LogP contribution is 2.28. The van der Waals surface area contributed by atoms with Crippen LogP contribution in [0.1, 0.15) is 10.4 Å². The lowest BCUT2D eigenvalue weighted by Gasteiger charge is -2.08. The fraction of sp³-hybridized carbons (Fsp3) is 0.0667. The second-order valence-corrected chi connectivity index (χ2v) is 6.68. The summed E-state index contributed by atoms with van der Waals surface area (Å²) in [5.41, 5.74) is 5.01. The Kier molecular flexibility index (Phi) is 6.55. The van der Waals surface area contributed by atoms with Gasteiger partial charge in [0.05, 0.1) is 21.1 Å². The lowest BCUT2D eigenvalue weighted by molar-refractivity contribution is -0.387. The molecular formula is C15H12IN3O4S. The van der Waals surface area contributed by atoms with Crippen molar-refractivity contribution in [2.75, 3.05) is 5.75 Å². The van der Waals surface area contributed by atoms with Gasteiger partial charge in [-0.1, -0.05) is 24.3 Å². The van der Waals surface area contributed by atoms with Gasteiger partial charge >= 0.3 is 0 Å². The molecule has 2 amide bonds. The number of amides is 2. The Morgan fingerprint density at radius 1 is 1.08 bits per heavy atom. The highest BCUT2D eigenvalue weighted by Gasteiger charge is 2.15. The lowest BCUT2D eigenvalue weighted by Crippen LogP contribution is -2.42. The first kappa shape index (κ1) is 18.2. The van der Waals surface area contributed by atoms with Crippen molar-refractivity contribution in [1.82, 2.24) is 10.9 Å². The summed E-state index contributed by atoms with van der Waals surface area (Å²) in [5.74, 6) is -0.946. The van der Waals surface area contributed by atoms with E-state index in [4.69, 9.17) is 0 Å². The number of nitrogens with zero attached hydrogens (tertiary/aromatic N) is 1. The number of nitrogens with one attached hydrogen (secondary N) is 2. The number of carbonyl (C=O) groups excluding carboxylic acids is 2. The zero-order valence-corrected chi connectivity index (χ0v) is 15.2. The molecule has 0 atom stereocenters. The highest BCUT2D eigenvalue weighted by molar-refractivity contribution is 14.1. The van der Waals surface area contributed by atoms with Gasteiger partial charge in [0.15, 0.2) is 0 Å². The quantitative estimate of drug-likeness (QED) is 0.311. The molecule has 0 unspecified atom stereocenters. The third kappa shape index (κ3) is 4.93. The molecule has 0 fully saturated rings. The Balaban J connectivity index is 1.87. The van der Waals surface area contributed by atoms with Gasteiger partial charge in [-0.15, -0.1) is 11.8 Å². The Hall–Kier alpha value is -2.14. The third-order valence-corrected chi connectivity index (χ3v) is 4.86. The molecule has 24 heavy (non-hydrogen) atoms. The molecule has 124 valence electrons. The van der Waals surface area contributed by atoms with Gasteiger partial charge in [0, 0.05) is 9.64 Å². The maximum absolute atomic E-state index is 12.0. The van der Waals surface area contributed by atoms with Crippen molar-refractivity contribution in [3.63, 3.8) is 0 Å². The van der Waals surface area contributed by atoms with E-state index in [-0.39, 0.29) is 11.4 Å². The number of nitro benzene ring substituents is 1. The zero-order chi connectivity index (χ0) is 17.5. The van der Waals surface area contributed by atoms with E-state index >= 15 is 0 Å². The van der Waals surface area contributed by atoms with E-state index in [0.717, 1.165) is 15.3 Å². The van der Waals surface area contributed by atoms with Crippen molar-refractivity contribution in [1.29, 1.82) is 0 Å². The molecule has 2 rings (SSSR count). The molecule has 2 N–H and O–H groups in total.